The molecule has 94 valence electrons. The first kappa shape index (κ1) is 12.9. The highest BCUT2D eigenvalue weighted by Gasteiger charge is 2.18. The van der Waals surface area contributed by atoms with E-state index in [2.05, 4.69) is 39.0 Å². The quantitative estimate of drug-likeness (QED) is 0.791. The van der Waals surface area contributed by atoms with Gasteiger partial charge in [-0.1, -0.05) is 28.1 Å². The lowest BCUT2D eigenvalue weighted by molar-refractivity contribution is 0.187. The van der Waals surface area contributed by atoms with Crippen molar-refractivity contribution < 1.29 is 4.74 Å². The molecule has 0 spiro atoms. The van der Waals surface area contributed by atoms with E-state index in [1.54, 1.807) is 7.11 Å². The Morgan fingerprint density at radius 2 is 2.12 bits per heavy atom. The molecular formula is C14H20BrNO. The molecule has 1 fully saturated rings. The van der Waals surface area contributed by atoms with Crippen molar-refractivity contribution in [3.05, 3.63) is 29.8 Å². The lowest BCUT2D eigenvalue weighted by Gasteiger charge is -2.31. The predicted octanol–water partition coefficient (Wildman–Crippen LogP) is 3.30. The third kappa shape index (κ3) is 3.71. The van der Waals surface area contributed by atoms with Crippen molar-refractivity contribution in [1.82, 2.24) is 4.90 Å². The highest BCUT2D eigenvalue weighted by molar-refractivity contribution is 9.09. The fourth-order valence-corrected chi connectivity index (χ4v) is 2.98. The van der Waals surface area contributed by atoms with E-state index in [1.807, 2.05) is 6.07 Å². The SMILES string of the molecule is COc1cccc(CN2CCC(CBr)CC2)c1. The van der Waals surface area contributed by atoms with Gasteiger partial charge < -0.3 is 4.74 Å². The van der Waals surface area contributed by atoms with Crippen LogP contribution in [0.4, 0.5) is 0 Å². The Balaban J connectivity index is 1.88. The van der Waals surface area contributed by atoms with Crippen LogP contribution in [0.3, 0.4) is 0 Å². The molecule has 0 atom stereocenters. The van der Waals surface area contributed by atoms with Crippen LogP contribution in [0, 0.1) is 5.92 Å². The van der Waals surface area contributed by atoms with Gasteiger partial charge in [0.1, 0.15) is 5.75 Å². The van der Waals surface area contributed by atoms with Crippen LogP contribution >= 0.6 is 15.9 Å². The van der Waals surface area contributed by atoms with Crippen molar-refractivity contribution >= 4 is 15.9 Å². The Kier molecular flexibility index (Phi) is 4.86. The minimum absolute atomic E-state index is 0.872. The van der Waals surface area contributed by atoms with E-state index >= 15 is 0 Å². The molecule has 3 heteroatoms. The number of halogens is 1. The molecule has 1 aromatic rings. The number of hydrogen-bond donors (Lipinski definition) is 0. The highest BCUT2D eigenvalue weighted by Crippen LogP contribution is 2.21. The number of alkyl halides is 1. The summed E-state index contributed by atoms with van der Waals surface area (Å²) in [6.07, 6.45) is 2.63. The highest BCUT2D eigenvalue weighted by atomic mass is 79.9. The Hall–Kier alpha value is -0.540. The fourth-order valence-electron chi connectivity index (χ4n) is 2.33. The van der Waals surface area contributed by atoms with Crippen molar-refractivity contribution in [2.24, 2.45) is 5.92 Å². The third-order valence-corrected chi connectivity index (χ3v) is 4.38. The molecule has 0 radical (unpaired) electrons. The second-order valence-electron chi connectivity index (χ2n) is 4.73. The number of benzene rings is 1. The smallest absolute Gasteiger partial charge is 0.119 e. The molecule has 1 heterocycles. The summed E-state index contributed by atoms with van der Waals surface area (Å²) in [6.45, 7) is 3.48. The third-order valence-electron chi connectivity index (χ3n) is 3.47. The van der Waals surface area contributed by atoms with Crippen LogP contribution in [-0.2, 0) is 6.54 Å². The molecule has 17 heavy (non-hydrogen) atoms. The summed E-state index contributed by atoms with van der Waals surface area (Å²) in [7, 11) is 1.72. The molecule has 0 amide bonds. The van der Waals surface area contributed by atoms with Gasteiger partial charge in [-0.25, -0.2) is 0 Å². The molecule has 0 N–H and O–H groups in total. The molecule has 2 rings (SSSR count). The van der Waals surface area contributed by atoms with Gasteiger partial charge in [0.25, 0.3) is 0 Å². The number of hydrogen-bond acceptors (Lipinski definition) is 2. The molecule has 1 saturated heterocycles. The normalized spacial score (nSPS) is 18.2. The van der Waals surface area contributed by atoms with E-state index < -0.39 is 0 Å². The van der Waals surface area contributed by atoms with Gasteiger partial charge in [-0.3, -0.25) is 4.90 Å². The number of piperidine rings is 1. The molecular weight excluding hydrogens is 278 g/mol. The molecule has 1 aliphatic heterocycles. The van der Waals surface area contributed by atoms with Crippen LogP contribution in [0.15, 0.2) is 24.3 Å². The average molecular weight is 298 g/mol. The molecule has 0 bridgehead atoms. The summed E-state index contributed by atoms with van der Waals surface area (Å²) in [4.78, 5) is 2.54. The van der Waals surface area contributed by atoms with Crippen LogP contribution in [0.25, 0.3) is 0 Å². The van der Waals surface area contributed by atoms with Gasteiger partial charge in [0.15, 0.2) is 0 Å². The zero-order chi connectivity index (χ0) is 12.1. The Morgan fingerprint density at radius 1 is 1.35 bits per heavy atom. The van der Waals surface area contributed by atoms with Gasteiger partial charge in [-0.15, -0.1) is 0 Å². The number of nitrogens with zero attached hydrogens (tertiary/aromatic N) is 1. The summed E-state index contributed by atoms with van der Waals surface area (Å²) in [6, 6.07) is 8.38. The Labute approximate surface area is 112 Å². The lowest BCUT2D eigenvalue weighted by atomic mass is 9.99. The first-order valence-corrected chi connectivity index (χ1v) is 7.35. The first-order valence-electron chi connectivity index (χ1n) is 6.23. The van der Waals surface area contributed by atoms with Crippen LogP contribution in [0.1, 0.15) is 18.4 Å². The van der Waals surface area contributed by atoms with Crippen molar-refractivity contribution in [2.75, 3.05) is 25.5 Å². The van der Waals surface area contributed by atoms with Crippen LogP contribution in [0.5, 0.6) is 5.75 Å². The number of rotatable bonds is 4. The summed E-state index contributed by atoms with van der Waals surface area (Å²) < 4.78 is 5.25. The van der Waals surface area contributed by atoms with Gasteiger partial charge in [-0.05, 0) is 49.5 Å². The minimum Gasteiger partial charge on any atom is -0.497 e. The summed E-state index contributed by atoms with van der Waals surface area (Å²) in [5, 5.41) is 1.15. The van der Waals surface area contributed by atoms with E-state index in [0.717, 1.165) is 23.5 Å². The van der Waals surface area contributed by atoms with E-state index in [9.17, 15) is 0 Å². The van der Waals surface area contributed by atoms with Crippen LogP contribution in [0.2, 0.25) is 0 Å². The molecule has 1 aromatic carbocycles. The van der Waals surface area contributed by atoms with E-state index in [1.165, 1.54) is 31.5 Å². The average Bonchev–Trinajstić information content (AvgIpc) is 2.40. The van der Waals surface area contributed by atoms with Gasteiger partial charge in [0.05, 0.1) is 7.11 Å². The van der Waals surface area contributed by atoms with E-state index in [-0.39, 0.29) is 0 Å². The zero-order valence-corrected chi connectivity index (χ0v) is 11.9. The van der Waals surface area contributed by atoms with E-state index in [0.29, 0.717) is 0 Å². The number of ether oxygens (including phenoxy) is 1. The molecule has 0 saturated carbocycles. The molecule has 1 aliphatic rings. The zero-order valence-electron chi connectivity index (χ0n) is 10.4. The number of methoxy groups -OCH3 is 1. The Bertz CT molecular complexity index is 348. The van der Waals surface area contributed by atoms with Crippen molar-refractivity contribution in [3.63, 3.8) is 0 Å². The van der Waals surface area contributed by atoms with Crippen LogP contribution in [-0.4, -0.2) is 30.4 Å². The topological polar surface area (TPSA) is 12.5 Å². The molecule has 0 aliphatic carbocycles. The van der Waals surface area contributed by atoms with E-state index in [4.69, 9.17) is 4.74 Å². The van der Waals surface area contributed by atoms with Gasteiger partial charge >= 0.3 is 0 Å². The summed E-state index contributed by atoms with van der Waals surface area (Å²) >= 11 is 3.58. The second kappa shape index (κ2) is 6.41. The predicted molar refractivity (Wildman–Crippen MR) is 74.8 cm³/mol. The maximum absolute atomic E-state index is 5.25. The fraction of sp³-hybridized carbons (Fsp3) is 0.571. The molecule has 0 unspecified atom stereocenters. The number of likely N-dealkylation sites (tertiary alicyclic amines) is 1. The minimum atomic E-state index is 0.872. The maximum atomic E-state index is 5.25. The van der Waals surface area contributed by atoms with Crippen molar-refractivity contribution in [1.29, 1.82) is 0 Å². The summed E-state index contributed by atoms with van der Waals surface area (Å²) in [5.74, 6) is 1.83. The largest absolute Gasteiger partial charge is 0.497 e. The lowest BCUT2D eigenvalue weighted by Crippen LogP contribution is -2.33. The van der Waals surface area contributed by atoms with Crippen LogP contribution < -0.4 is 4.74 Å². The van der Waals surface area contributed by atoms with Gasteiger partial charge in [0, 0.05) is 11.9 Å². The standard InChI is InChI=1S/C14H20BrNO/c1-17-14-4-2-3-13(9-14)11-16-7-5-12(10-15)6-8-16/h2-4,9,12H,5-8,10-11H2,1H3. The first-order chi connectivity index (χ1) is 8.31. The second-order valence-corrected chi connectivity index (χ2v) is 5.37. The van der Waals surface area contributed by atoms with Gasteiger partial charge in [0.2, 0.25) is 0 Å². The van der Waals surface area contributed by atoms with Crippen molar-refractivity contribution in [2.45, 2.75) is 19.4 Å². The van der Waals surface area contributed by atoms with Gasteiger partial charge in [-0.2, -0.15) is 0 Å². The molecule has 2 nitrogen and oxygen atoms in total. The molecule has 0 aromatic heterocycles. The van der Waals surface area contributed by atoms with Crippen molar-refractivity contribution in [3.8, 4) is 5.75 Å². The summed E-state index contributed by atoms with van der Waals surface area (Å²) in [5.41, 5.74) is 1.35. The Morgan fingerprint density at radius 3 is 2.76 bits per heavy atom. The monoisotopic (exact) mass is 297 g/mol. The maximum Gasteiger partial charge on any atom is 0.119 e.